The maximum atomic E-state index is 4.51. The number of halogens is 1. The minimum atomic E-state index is 0. The lowest BCUT2D eigenvalue weighted by Gasteiger charge is -2.62. The Labute approximate surface area is 141 Å². The van der Waals surface area contributed by atoms with Gasteiger partial charge in [0.05, 0.1) is 0 Å². The van der Waals surface area contributed by atoms with E-state index in [-0.39, 0.29) is 29.5 Å². The van der Waals surface area contributed by atoms with Gasteiger partial charge in [-0.15, -0.1) is 24.0 Å². The molecule has 2 saturated carbocycles. The van der Waals surface area contributed by atoms with Gasteiger partial charge >= 0.3 is 0 Å². The van der Waals surface area contributed by atoms with Crippen LogP contribution in [0.1, 0.15) is 53.4 Å². The Morgan fingerprint density at radius 2 is 1.80 bits per heavy atom. The predicted molar refractivity (Wildman–Crippen MR) is 95.7 cm³/mol. The number of nitrogens with zero attached hydrogens (tertiary/aromatic N) is 2. The summed E-state index contributed by atoms with van der Waals surface area (Å²) in [6.07, 6.45) is 5.78. The summed E-state index contributed by atoms with van der Waals surface area (Å²) in [6, 6.07) is 0. The molecule has 0 aromatic carbocycles. The van der Waals surface area contributed by atoms with Crippen molar-refractivity contribution in [1.82, 2.24) is 10.2 Å². The smallest absolute Gasteiger partial charge is 0.194 e. The summed E-state index contributed by atoms with van der Waals surface area (Å²) in [7, 11) is 1.92. The molecule has 1 N–H and O–H groups in total. The van der Waals surface area contributed by atoms with E-state index < -0.39 is 0 Å². The van der Waals surface area contributed by atoms with Gasteiger partial charge < -0.3 is 10.2 Å². The molecule has 20 heavy (non-hydrogen) atoms. The van der Waals surface area contributed by atoms with Crippen molar-refractivity contribution in [2.45, 2.75) is 58.9 Å². The molecule has 3 aliphatic rings. The fraction of sp³-hybridized carbons (Fsp3) is 0.938. The van der Waals surface area contributed by atoms with E-state index in [0.29, 0.717) is 10.8 Å². The van der Waals surface area contributed by atoms with Crippen LogP contribution < -0.4 is 5.32 Å². The third-order valence-electron chi connectivity index (χ3n) is 6.29. The first-order valence-electron chi connectivity index (χ1n) is 7.81. The Balaban J connectivity index is 0.00000147. The molecular weight excluding hydrogens is 361 g/mol. The van der Waals surface area contributed by atoms with E-state index >= 15 is 0 Å². The second-order valence-corrected chi connectivity index (χ2v) is 8.07. The summed E-state index contributed by atoms with van der Waals surface area (Å²) in [6.45, 7) is 11.6. The van der Waals surface area contributed by atoms with Crippen molar-refractivity contribution in [3.63, 3.8) is 0 Å². The van der Waals surface area contributed by atoms with Crippen LogP contribution in [0.2, 0.25) is 0 Å². The zero-order valence-electron chi connectivity index (χ0n) is 13.6. The molecule has 2 aliphatic carbocycles. The van der Waals surface area contributed by atoms with Gasteiger partial charge in [-0.25, -0.2) is 0 Å². The highest BCUT2D eigenvalue weighted by Crippen LogP contribution is 2.60. The Morgan fingerprint density at radius 3 is 2.15 bits per heavy atom. The van der Waals surface area contributed by atoms with E-state index in [1.807, 2.05) is 7.05 Å². The first-order chi connectivity index (χ1) is 8.82. The van der Waals surface area contributed by atoms with Crippen molar-refractivity contribution in [2.75, 3.05) is 20.1 Å². The van der Waals surface area contributed by atoms with E-state index in [2.05, 4.69) is 42.9 Å². The van der Waals surface area contributed by atoms with Crippen LogP contribution in [0.5, 0.6) is 0 Å². The number of guanidine groups is 1. The molecular formula is C16H30IN3. The molecule has 0 amide bonds. The molecule has 1 heterocycles. The molecule has 3 rings (SSSR count). The number of aliphatic imine (C=N–C) groups is 1. The molecule has 3 nitrogen and oxygen atoms in total. The van der Waals surface area contributed by atoms with Gasteiger partial charge in [-0.2, -0.15) is 0 Å². The lowest BCUT2D eigenvalue weighted by Crippen LogP contribution is -2.72. The fourth-order valence-electron chi connectivity index (χ4n) is 3.54. The standard InChI is InChI=1S/C16H29N3.HI/c1-14(2)11-19(15(14,3)4)13(17-5)18-10-16(8-9-16)12-6-7-12;/h12H,6-11H2,1-5H3,(H,17,18);1H. The van der Waals surface area contributed by atoms with Crippen molar-refractivity contribution in [3.05, 3.63) is 0 Å². The monoisotopic (exact) mass is 391 g/mol. The summed E-state index contributed by atoms with van der Waals surface area (Å²) in [5.41, 5.74) is 1.21. The normalized spacial score (nSPS) is 29.2. The molecule has 1 aliphatic heterocycles. The molecule has 0 aromatic heterocycles. The van der Waals surface area contributed by atoms with Crippen molar-refractivity contribution in [3.8, 4) is 0 Å². The molecule has 1 saturated heterocycles. The Morgan fingerprint density at radius 1 is 1.20 bits per heavy atom. The molecule has 0 atom stereocenters. The quantitative estimate of drug-likeness (QED) is 0.453. The predicted octanol–water partition coefficient (Wildman–Crippen LogP) is 3.49. The summed E-state index contributed by atoms with van der Waals surface area (Å²) in [4.78, 5) is 6.95. The summed E-state index contributed by atoms with van der Waals surface area (Å²) < 4.78 is 0. The number of hydrogen-bond acceptors (Lipinski definition) is 1. The number of hydrogen-bond donors (Lipinski definition) is 1. The van der Waals surface area contributed by atoms with Crippen LogP contribution in [0.25, 0.3) is 0 Å². The molecule has 4 heteroatoms. The van der Waals surface area contributed by atoms with Crippen LogP contribution in [0.3, 0.4) is 0 Å². The third kappa shape index (κ3) is 2.46. The maximum absolute atomic E-state index is 4.51. The number of rotatable bonds is 3. The largest absolute Gasteiger partial charge is 0.356 e. The minimum absolute atomic E-state index is 0. The van der Waals surface area contributed by atoms with Crippen molar-refractivity contribution >= 4 is 29.9 Å². The fourth-order valence-corrected chi connectivity index (χ4v) is 3.54. The Bertz CT molecular complexity index is 406. The van der Waals surface area contributed by atoms with E-state index in [9.17, 15) is 0 Å². The molecule has 3 fully saturated rings. The minimum Gasteiger partial charge on any atom is -0.356 e. The summed E-state index contributed by atoms with van der Waals surface area (Å²) in [5, 5.41) is 3.66. The van der Waals surface area contributed by atoms with Gasteiger partial charge in [-0.05, 0) is 50.9 Å². The first kappa shape index (κ1) is 16.4. The molecule has 0 aromatic rings. The summed E-state index contributed by atoms with van der Waals surface area (Å²) in [5.74, 6) is 2.12. The average molecular weight is 391 g/mol. The van der Waals surface area contributed by atoms with Crippen LogP contribution in [0.15, 0.2) is 4.99 Å². The lowest BCUT2D eigenvalue weighted by molar-refractivity contribution is -0.0669. The van der Waals surface area contributed by atoms with Gasteiger partial charge in [0, 0.05) is 31.1 Å². The van der Waals surface area contributed by atoms with Gasteiger partial charge in [-0.3, -0.25) is 4.99 Å². The molecule has 0 spiro atoms. The van der Waals surface area contributed by atoms with E-state index in [4.69, 9.17) is 0 Å². The van der Waals surface area contributed by atoms with Gasteiger partial charge in [0.1, 0.15) is 0 Å². The second-order valence-electron chi connectivity index (χ2n) is 8.07. The van der Waals surface area contributed by atoms with Crippen LogP contribution in [-0.2, 0) is 0 Å². The average Bonchev–Trinajstić information content (AvgIpc) is 3.20. The number of nitrogens with one attached hydrogen (secondary N) is 1. The lowest BCUT2D eigenvalue weighted by atomic mass is 9.65. The summed E-state index contributed by atoms with van der Waals surface area (Å²) >= 11 is 0. The van der Waals surface area contributed by atoms with E-state index in [1.165, 1.54) is 25.7 Å². The number of likely N-dealkylation sites (tertiary alicyclic amines) is 1. The second kappa shape index (κ2) is 5.03. The van der Waals surface area contributed by atoms with Gasteiger partial charge in [0.2, 0.25) is 0 Å². The van der Waals surface area contributed by atoms with Crippen molar-refractivity contribution in [1.29, 1.82) is 0 Å². The van der Waals surface area contributed by atoms with Crippen LogP contribution in [0.4, 0.5) is 0 Å². The van der Waals surface area contributed by atoms with Crippen LogP contribution >= 0.6 is 24.0 Å². The Kier molecular flexibility index (Phi) is 4.11. The van der Waals surface area contributed by atoms with E-state index in [1.54, 1.807) is 0 Å². The van der Waals surface area contributed by atoms with Gasteiger partial charge in [0.15, 0.2) is 5.96 Å². The highest BCUT2D eigenvalue weighted by molar-refractivity contribution is 14.0. The van der Waals surface area contributed by atoms with Crippen molar-refractivity contribution < 1.29 is 0 Å². The zero-order chi connectivity index (χ0) is 13.9. The Hall–Kier alpha value is 0. The molecule has 0 bridgehead atoms. The van der Waals surface area contributed by atoms with Crippen LogP contribution in [-0.4, -0.2) is 36.5 Å². The molecule has 116 valence electrons. The highest BCUT2D eigenvalue weighted by atomic mass is 127. The van der Waals surface area contributed by atoms with Crippen LogP contribution in [0, 0.1) is 16.7 Å². The van der Waals surface area contributed by atoms with Gasteiger partial charge in [-0.1, -0.05) is 13.8 Å². The zero-order valence-corrected chi connectivity index (χ0v) is 16.0. The maximum Gasteiger partial charge on any atom is 0.194 e. The molecule has 0 radical (unpaired) electrons. The van der Waals surface area contributed by atoms with Crippen molar-refractivity contribution in [2.24, 2.45) is 21.7 Å². The topological polar surface area (TPSA) is 27.6 Å². The SMILES string of the molecule is CN=C(NCC1(C2CC2)CC1)N1CC(C)(C)C1(C)C.I. The third-order valence-corrected chi connectivity index (χ3v) is 6.29. The van der Waals surface area contributed by atoms with Gasteiger partial charge in [0.25, 0.3) is 0 Å². The first-order valence-corrected chi connectivity index (χ1v) is 7.81. The highest BCUT2D eigenvalue weighted by Gasteiger charge is 2.56. The van der Waals surface area contributed by atoms with E-state index in [0.717, 1.165) is 25.0 Å². The molecule has 0 unspecified atom stereocenters.